The molecule has 6 heteroatoms. The van der Waals surface area contributed by atoms with Crippen molar-refractivity contribution in [2.24, 2.45) is 0 Å². The summed E-state index contributed by atoms with van der Waals surface area (Å²) >= 11 is 0. The molecule has 0 spiro atoms. The molecule has 2 aromatic heterocycles. The fourth-order valence-electron chi connectivity index (χ4n) is 2.59. The van der Waals surface area contributed by atoms with Crippen LogP contribution in [0, 0.1) is 0 Å². The van der Waals surface area contributed by atoms with Gasteiger partial charge in [0, 0.05) is 11.6 Å². The summed E-state index contributed by atoms with van der Waals surface area (Å²) in [7, 11) is 0. The van der Waals surface area contributed by atoms with Gasteiger partial charge in [-0.05, 0) is 32.0 Å². The van der Waals surface area contributed by atoms with Crippen LogP contribution >= 0.6 is 0 Å². The van der Waals surface area contributed by atoms with E-state index in [-0.39, 0.29) is 6.10 Å². The van der Waals surface area contributed by atoms with E-state index in [0.29, 0.717) is 28.9 Å². The van der Waals surface area contributed by atoms with E-state index in [9.17, 15) is 0 Å². The molecule has 0 saturated carbocycles. The minimum atomic E-state index is 0.0534. The Bertz CT molecular complexity index is 1030. The van der Waals surface area contributed by atoms with Gasteiger partial charge in [-0.2, -0.15) is 4.52 Å². The largest absolute Gasteiger partial charge is 0.487 e. The lowest BCUT2D eigenvalue weighted by atomic mass is 10.2. The summed E-state index contributed by atoms with van der Waals surface area (Å²) < 4.78 is 13.4. The number of ether oxygens (including phenoxy) is 2. The maximum Gasteiger partial charge on any atom is 0.237 e. The fraction of sp³-hybridized carbons (Fsp3) is 0.150. The van der Waals surface area contributed by atoms with Gasteiger partial charge < -0.3 is 9.47 Å². The highest BCUT2D eigenvalue weighted by Gasteiger charge is 2.12. The van der Waals surface area contributed by atoms with Gasteiger partial charge in [-0.15, -0.1) is 15.3 Å². The molecule has 0 aliphatic rings. The standard InChI is InChI=1S/C20H18N4O2/c1-14(2)25-16-10-6-7-11-17(16)26-19-13-12-18-21-22-20(24(18)23-19)15-8-4-3-5-9-15/h3-14H,1-2H3. The Balaban J connectivity index is 1.71. The summed E-state index contributed by atoms with van der Waals surface area (Å²) in [6, 6.07) is 20.9. The Morgan fingerprint density at radius 1 is 0.808 bits per heavy atom. The van der Waals surface area contributed by atoms with E-state index in [4.69, 9.17) is 9.47 Å². The van der Waals surface area contributed by atoms with Gasteiger partial charge in [0.2, 0.25) is 5.88 Å². The fourth-order valence-corrected chi connectivity index (χ4v) is 2.59. The van der Waals surface area contributed by atoms with Crippen molar-refractivity contribution >= 4 is 5.65 Å². The second kappa shape index (κ2) is 6.84. The number of rotatable bonds is 5. The lowest BCUT2D eigenvalue weighted by molar-refractivity contribution is 0.232. The predicted octanol–water partition coefficient (Wildman–Crippen LogP) is 4.37. The number of para-hydroxylation sites is 2. The molecule has 0 amide bonds. The molecule has 0 aliphatic carbocycles. The van der Waals surface area contributed by atoms with Crippen molar-refractivity contribution in [3.05, 3.63) is 66.7 Å². The van der Waals surface area contributed by atoms with Crippen molar-refractivity contribution < 1.29 is 9.47 Å². The van der Waals surface area contributed by atoms with Gasteiger partial charge in [-0.3, -0.25) is 0 Å². The van der Waals surface area contributed by atoms with Crippen LogP contribution < -0.4 is 9.47 Å². The third-order valence-electron chi connectivity index (χ3n) is 3.70. The molecule has 0 radical (unpaired) electrons. The first kappa shape index (κ1) is 16.1. The third kappa shape index (κ3) is 3.21. The Morgan fingerprint density at radius 3 is 2.31 bits per heavy atom. The molecule has 4 rings (SSSR count). The highest BCUT2D eigenvalue weighted by atomic mass is 16.5. The van der Waals surface area contributed by atoms with Gasteiger partial charge in [-0.25, -0.2) is 0 Å². The van der Waals surface area contributed by atoms with Crippen LogP contribution in [0.25, 0.3) is 17.0 Å². The normalized spacial score (nSPS) is 11.0. The van der Waals surface area contributed by atoms with Crippen LogP contribution in [0.3, 0.4) is 0 Å². The van der Waals surface area contributed by atoms with Crippen LogP contribution in [0.2, 0.25) is 0 Å². The molecule has 6 nitrogen and oxygen atoms in total. The second-order valence-corrected chi connectivity index (χ2v) is 6.05. The van der Waals surface area contributed by atoms with Crippen molar-refractivity contribution in [1.82, 2.24) is 19.8 Å². The van der Waals surface area contributed by atoms with Crippen molar-refractivity contribution in [1.29, 1.82) is 0 Å². The molecule has 0 bridgehead atoms. The summed E-state index contributed by atoms with van der Waals surface area (Å²) in [6.45, 7) is 3.95. The van der Waals surface area contributed by atoms with Crippen molar-refractivity contribution in [2.75, 3.05) is 0 Å². The zero-order chi connectivity index (χ0) is 17.9. The molecular weight excluding hydrogens is 328 g/mol. The van der Waals surface area contributed by atoms with Crippen LogP contribution in [0.4, 0.5) is 0 Å². The molecule has 26 heavy (non-hydrogen) atoms. The Morgan fingerprint density at radius 2 is 1.54 bits per heavy atom. The maximum atomic E-state index is 5.97. The van der Waals surface area contributed by atoms with E-state index in [0.717, 1.165) is 5.56 Å². The van der Waals surface area contributed by atoms with Gasteiger partial charge in [-0.1, -0.05) is 42.5 Å². The van der Waals surface area contributed by atoms with E-state index < -0.39 is 0 Å². The summed E-state index contributed by atoms with van der Waals surface area (Å²) in [5, 5.41) is 13.0. The van der Waals surface area contributed by atoms with Crippen LogP contribution in [0.1, 0.15) is 13.8 Å². The molecule has 4 aromatic rings. The number of hydrogen-bond donors (Lipinski definition) is 0. The monoisotopic (exact) mass is 346 g/mol. The van der Waals surface area contributed by atoms with Gasteiger partial charge in [0.15, 0.2) is 23.0 Å². The molecule has 130 valence electrons. The van der Waals surface area contributed by atoms with Crippen LogP contribution in [-0.4, -0.2) is 25.9 Å². The lowest BCUT2D eigenvalue weighted by Gasteiger charge is -2.14. The Kier molecular flexibility index (Phi) is 4.23. The topological polar surface area (TPSA) is 61.5 Å². The van der Waals surface area contributed by atoms with E-state index >= 15 is 0 Å². The first-order chi connectivity index (χ1) is 12.7. The number of nitrogens with zero attached hydrogens (tertiary/aromatic N) is 4. The zero-order valence-electron chi connectivity index (χ0n) is 14.5. The molecular formula is C20H18N4O2. The molecule has 0 fully saturated rings. The van der Waals surface area contributed by atoms with Crippen LogP contribution in [-0.2, 0) is 0 Å². The molecule has 0 unspecified atom stereocenters. The van der Waals surface area contributed by atoms with Gasteiger partial charge in [0.05, 0.1) is 6.10 Å². The molecule has 2 heterocycles. The number of fused-ring (bicyclic) bond motifs is 1. The van der Waals surface area contributed by atoms with Gasteiger partial charge >= 0.3 is 0 Å². The first-order valence-electron chi connectivity index (χ1n) is 8.42. The van der Waals surface area contributed by atoms with E-state index in [2.05, 4.69) is 15.3 Å². The quantitative estimate of drug-likeness (QED) is 0.537. The number of hydrogen-bond acceptors (Lipinski definition) is 5. The number of aromatic nitrogens is 4. The smallest absolute Gasteiger partial charge is 0.237 e. The average molecular weight is 346 g/mol. The second-order valence-electron chi connectivity index (χ2n) is 6.05. The van der Waals surface area contributed by atoms with Crippen LogP contribution in [0.15, 0.2) is 66.7 Å². The Hall–Kier alpha value is -3.41. The average Bonchev–Trinajstić information content (AvgIpc) is 3.07. The van der Waals surface area contributed by atoms with Crippen molar-refractivity contribution in [3.63, 3.8) is 0 Å². The molecule has 0 saturated heterocycles. The van der Waals surface area contributed by atoms with E-state index in [1.807, 2.05) is 74.5 Å². The highest BCUT2D eigenvalue weighted by Crippen LogP contribution is 2.31. The lowest BCUT2D eigenvalue weighted by Crippen LogP contribution is -2.06. The van der Waals surface area contributed by atoms with Gasteiger partial charge in [0.25, 0.3) is 0 Å². The summed E-state index contributed by atoms with van der Waals surface area (Å²) in [4.78, 5) is 0. The third-order valence-corrected chi connectivity index (χ3v) is 3.70. The Labute approximate surface area is 151 Å². The number of benzene rings is 2. The highest BCUT2D eigenvalue weighted by molar-refractivity contribution is 5.58. The summed E-state index contributed by atoms with van der Waals surface area (Å²) in [5.74, 6) is 2.39. The van der Waals surface area contributed by atoms with Crippen molar-refractivity contribution in [2.45, 2.75) is 20.0 Å². The minimum absolute atomic E-state index is 0.0534. The SMILES string of the molecule is CC(C)Oc1ccccc1Oc1ccc2nnc(-c3ccccc3)n2n1. The first-order valence-corrected chi connectivity index (χ1v) is 8.42. The van der Waals surface area contributed by atoms with Crippen LogP contribution in [0.5, 0.6) is 17.4 Å². The summed E-state index contributed by atoms with van der Waals surface area (Å²) in [5.41, 5.74) is 1.59. The van der Waals surface area contributed by atoms with E-state index in [1.165, 1.54) is 0 Å². The minimum Gasteiger partial charge on any atom is -0.487 e. The predicted molar refractivity (Wildman–Crippen MR) is 98.5 cm³/mol. The van der Waals surface area contributed by atoms with E-state index in [1.54, 1.807) is 10.6 Å². The molecule has 0 atom stereocenters. The molecule has 0 aliphatic heterocycles. The van der Waals surface area contributed by atoms with Gasteiger partial charge in [0.1, 0.15) is 0 Å². The van der Waals surface area contributed by atoms with Crippen molar-refractivity contribution in [3.8, 4) is 28.8 Å². The summed E-state index contributed by atoms with van der Waals surface area (Å²) in [6.07, 6.45) is 0.0534. The maximum absolute atomic E-state index is 5.97. The molecule has 0 N–H and O–H groups in total. The molecule has 2 aromatic carbocycles. The zero-order valence-corrected chi connectivity index (χ0v) is 14.5.